The number of methoxy groups -OCH3 is 4. The van der Waals surface area contributed by atoms with Crippen LogP contribution in [0.3, 0.4) is 0 Å². The fraction of sp³-hybridized carbons (Fsp3) is 0.478. The largest absolute Gasteiger partial charge is 0.496 e. The molecular weight excluding hydrogens is 386 g/mol. The van der Waals surface area contributed by atoms with E-state index in [9.17, 15) is 5.11 Å². The first-order valence-corrected chi connectivity index (χ1v) is 9.98. The molecule has 1 aliphatic heterocycles. The first-order chi connectivity index (χ1) is 14.6. The van der Waals surface area contributed by atoms with E-state index >= 15 is 0 Å². The number of hydrogen-bond acceptors (Lipinski definition) is 7. The molecule has 1 aliphatic rings. The minimum absolute atomic E-state index is 0.0625. The third-order valence-electron chi connectivity index (χ3n) is 5.42. The molecule has 0 aliphatic carbocycles. The highest BCUT2D eigenvalue weighted by Gasteiger charge is 2.34. The zero-order valence-corrected chi connectivity index (χ0v) is 18.1. The molecule has 1 heterocycles. The van der Waals surface area contributed by atoms with Crippen LogP contribution in [0.5, 0.6) is 17.2 Å². The third kappa shape index (κ3) is 4.87. The molecule has 0 spiro atoms. The second kappa shape index (κ2) is 10.6. The first-order valence-electron chi connectivity index (χ1n) is 9.98. The maximum absolute atomic E-state index is 9.98. The van der Waals surface area contributed by atoms with Crippen molar-refractivity contribution in [3.63, 3.8) is 0 Å². The zero-order chi connectivity index (χ0) is 21.5. The quantitative estimate of drug-likeness (QED) is 0.673. The van der Waals surface area contributed by atoms with E-state index in [0.29, 0.717) is 31.3 Å². The lowest BCUT2D eigenvalue weighted by molar-refractivity contribution is -0.0961. The van der Waals surface area contributed by atoms with Gasteiger partial charge in [-0.3, -0.25) is 4.90 Å². The van der Waals surface area contributed by atoms with Crippen molar-refractivity contribution in [3.8, 4) is 17.2 Å². The van der Waals surface area contributed by atoms with Gasteiger partial charge in [0.05, 0.1) is 47.2 Å². The predicted molar refractivity (Wildman–Crippen MR) is 113 cm³/mol. The number of morpholine rings is 1. The lowest BCUT2D eigenvalue weighted by Crippen LogP contribution is -2.46. The molecule has 0 saturated carbocycles. The van der Waals surface area contributed by atoms with Crippen LogP contribution in [-0.4, -0.2) is 64.3 Å². The lowest BCUT2D eigenvalue weighted by atomic mass is 9.97. The number of benzene rings is 2. The van der Waals surface area contributed by atoms with Crippen LogP contribution in [0.25, 0.3) is 0 Å². The maximum atomic E-state index is 9.98. The monoisotopic (exact) mass is 417 g/mol. The molecule has 0 bridgehead atoms. The molecule has 2 aromatic carbocycles. The Labute approximate surface area is 178 Å². The summed E-state index contributed by atoms with van der Waals surface area (Å²) in [6.07, 6.45) is -0.325. The van der Waals surface area contributed by atoms with E-state index in [2.05, 4.69) is 17.0 Å². The summed E-state index contributed by atoms with van der Waals surface area (Å²) in [6, 6.07) is 11.9. The van der Waals surface area contributed by atoms with Gasteiger partial charge in [-0.05, 0) is 35.4 Å². The number of rotatable bonds is 9. The molecule has 2 atom stereocenters. The van der Waals surface area contributed by atoms with Gasteiger partial charge in [0.1, 0.15) is 11.9 Å². The Morgan fingerprint density at radius 3 is 2.37 bits per heavy atom. The van der Waals surface area contributed by atoms with Gasteiger partial charge in [-0.25, -0.2) is 0 Å². The number of ether oxygens (including phenoxy) is 5. The second-order valence-corrected chi connectivity index (χ2v) is 7.20. The van der Waals surface area contributed by atoms with Crippen LogP contribution in [0, 0.1) is 0 Å². The molecule has 1 fully saturated rings. The van der Waals surface area contributed by atoms with Crippen LogP contribution in [0.15, 0.2) is 36.4 Å². The van der Waals surface area contributed by atoms with E-state index < -0.39 is 0 Å². The molecule has 0 unspecified atom stereocenters. The SMILES string of the molecule is COCc1cc(CN2CCO[C@H](CO)[C@H]2c2ccc(OC)c(OC)c2)ccc1OC. The summed E-state index contributed by atoms with van der Waals surface area (Å²) in [6.45, 7) is 2.45. The van der Waals surface area contributed by atoms with E-state index in [1.807, 2.05) is 24.3 Å². The van der Waals surface area contributed by atoms with Gasteiger partial charge in [0, 0.05) is 25.8 Å². The number of aliphatic hydroxyl groups excluding tert-OH is 1. The summed E-state index contributed by atoms with van der Waals surface area (Å²) in [7, 11) is 6.57. The summed E-state index contributed by atoms with van der Waals surface area (Å²) in [4.78, 5) is 2.32. The van der Waals surface area contributed by atoms with Crippen molar-refractivity contribution in [2.75, 3.05) is 48.2 Å². The van der Waals surface area contributed by atoms with Crippen molar-refractivity contribution >= 4 is 0 Å². The van der Waals surface area contributed by atoms with Crippen LogP contribution in [0.2, 0.25) is 0 Å². The molecule has 30 heavy (non-hydrogen) atoms. The normalized spacial score (nSPS) is 19.5. The molecule has 7 heteroatoms. The fourth-order valence-electron chi connectivity index (χ4n) is 4.01. The Morgan fingerprint density at radius 1 is 0.967 bits per heavy atom. The smallest absolute Gasteiger partial charge is 0.161 e. The van der Waals surface area contributed by atoms with Gasteiger partial charge in [-0.2, -0.15) is 0 Å². The fourth-order valence-corrected chi connectivity index (χ4v) is 4.01. The van der Waals surface area contributed by atoms with Crippen molar-refractivity contribution in [2.45, 2.75) is 25.3 Å². The van der Waals surface area contributed by atoms with Gasteiger partial charge in [0.25, 0.3) is 0 Å². The summed E-state index contributed by atoms with van der Waals surface area (Å²) in [5.41, 5.74) is 3.16. The predicted octanol–water partition coefficient (Wildman–Crippen LogP) is 2.79. The third-order valence-corrected chi connectivity index (χ3v) is 5.42. The van der Waals surface area contributed by atoms with E-state index in [4.69, 9.17) is 23.7 Å². The summed E-state index contributed by atoms with van der Waals surface area (Å²) in [5, 5.41) is 9.98. The Morgan fingerprint density at radius 2 is 1.70 bits per heavy atom. The minimum Gasteiger partial charge on any atom is -0.496 e. The van der Waals surface area contributed by atoms with Crippen molar-refractivity contribution in [1.29, 1.82) is 0 Å². The molecule has 7 nitrogen and oxygen atoms in total. The van der Waals surface area contributed by atoms with Crippen molar-refractivity contribution in [1.82, 2.24) is 4.90 Å². The topological polar surface area (TPSA) is 69.6 Å². The minimum atomic E-state index is -0.325. The maximum Gasteiger partial charge on any atom is 0.161 e. The van der Waals surface area contributed by atoms with Crippen LogP contribution < -0.4 is 14.2 Å². The highest BCUT2D eigenvalue weighted by Crippen LogP contribution is 2.36. The molecule has 0 amide bonds. The van der Waals surface area contributed by atoms with Crippen molar-refractivity contribution < 1.29 is 28.8 Å². The summed E-state index contributed by atoms with van der Waals surface area (Å²) >= 11 is 0. The molecule has 0 aromatic heterocycles. The Hall–Kier alpha value is -2.32. The Bertz CT molecular complexity index is 827. The second-order valence-electron chi connectivity index (χ2n) is 7.20. The molecule has 1 N–H and O–H groups in total. The van der Waals surface area contributed by atoms with Crippen LogP contribution in [0.1, 0.15) is 22.7 Å². The van der Waals surface area contributed by atoms with E-state index in [1.165, 1.54) is 0 Å². The lowest BCUT2D eigenvalue weighted by Gasteiger charge is -2.41. The van der Waals surface area contributed by atoms with Crippen molar-refractivity contribution in [2.24, 2.45) is 0 Å². The Balaban J connectivity index is 1.91. The van der Waals surface area contributed by atoms with Gasteiger partial charge in [-0.1, -0.05) is 12.1 Å². The molecule has 2 aromatic rings. The molecule has 3 rings (SSSR count). The van der Waals surface area contributed by atoms with Crippen LogP contribution in [-0.2, 0) is 22.6 Å². The van der Waals surface area contributed by atoms with Gasteiger partial charge in [0.2, 0.25) is 0 Å². The summed E-state index contributed by atoms with van der Waals surface area (Å²) < 4.78 is 27.5. The van der Waals surface area contributed by atoms with Crippen LogP contribution in [0.4, 0.5) is 0 Å². The van der Waals surface area contributed by atoms with Crippen molar-refractivity contribution in [3.05, 3.63) is 53.1 Å². The first kappa shape index (κ1) is 22.4. The summed E-state index contributed by atoms with van der Waals surface area (Å²) in [5.74, 6) is 2.14. The van der Waals surface area contributed by atoms with Gasteiger partial charge >= 0.3 is 0 Å². The highest BCUT2D eigenvalue weighted by atomic mass is 16.5. The average molecular weight is 418 g/mol. The van der Waals surface area contributed by atoms with E-state index in [1.54, 1.807) is 28.4 Å². The van der Waals surface area contributed by atoms with Gasteiger partial charge < -0.3 is 28.8 Å². The average Bonchev–Trinajstić information content (AvgIpc) is 2.79. The Kier molecular flexibility index (Phi) is 7.93. The zero-order valence-electron chi connectivity index (χ0n) is 18.1. The highest BCUT2D eigenvalue weighted by molar-refractivity contribution is 5.44. The molecule has 164 valence electrons. The number of hydrogen-bond donors (Lipinski definition) is 1. The number of aliphatic hydroxyl groups is 1. The van der Waals surface area contributed by atoms with E-state index in [0.717, 1.165) is 29.0 Å². The standard InChI is InChI=1S/C23H31NO6/c1-26-15-18-11-16(5-7-19(18)27-2)13-24-9-10-30-22(14-25)23(24)17-6-8-20(28-3)21(12-17)29-4/h5-8,11-12,22-23,25H,9-10,13-15H2,1-4H3/t22-,23-/m1/s1. The molecule has 1 saturated heterocycles. The molecular formula is C23H31NO6. The van der Waals surface area contributed by atoms with Gasteiger partial charge in [-0.15, -0.1) is 0 Å². The van der Waals surface area contributed by atoms with E-state index in [-0.39, 0.29) is 18.8 Å². The van der Waals surface area contributed by atoms with Gasteiger partial charge in [0.15, 0.2) is 11.5 Å². The molecule has 0 radical (unpaired) electrons. The number of nitrogens with zero attached hydrogens (tertiary/aromatic N) is 1. The van der Waals surface area contributed by atoms with Crippen LogP contribution >= 0.6 is 0 Å².